The number of benzene rings is 1. The average Bonchev–Trinajstić information content (AvgIpc) is 2.03. The molecule has 1 rings (SSSR count). The van der Waals surface area contributed by atoms with E-state index < -0.39 is 23.5 Å². The molecule has 0 spiro atoms. The van der Waals surface area contributed by atoms with E-state index in [1.54, 1.807) is 0 Å². The van der Waals surface area contributed by atoms with Gasteiger partial charge in [-0.15, -0.1) is 0 Å². The number of phenolic OH excluding ortho intramolecular Hbond substituents is 1. The molecule has 0 unspecified atom stereocenters. The number of halogens is 2. The molecule has 70 valence electrons. The van der Waals surface area contributed by atoms with Crippen molar-refractivity contribution < 1.29 is 18.7 Å². The number of Topliss-reactive ketones (excluding diaryl/α,β-unsaturated/α-hetero) is 1. The van der Waals surface area contributed by atoms with Crippen LogP contribution in [0.1, 0.15) is 29.3 Å². The van der Waals surface area contributed by atoms with E-state index in [0.29, 0.717) is 0 Å². The first kappa shape index (κ1) is 9.64. The Morgan fingerprint density at radius 1 is 1.46 bits per heavy atom. The summed E-state index contributed by atoms with van der Waals surface area (Å²) in [5, 5.41) is 9.23. The first-order valence-electron chi connectivity index (χ1n) is 3.65. The highest BCUT2D eigenvalue weighted by Crippen LogP contribution is 2.30. The van der Waals surface area contributed by atoms with Gasteiger partial charge in [0.15, 0.2) is 5.78 Å². The summed E-state index contributed by atoms with van der Waals surface area (Å²) in [7, 11) is 0. The summed E-state index contributed by atoms with van der Waals surface area (Å²) in [6, 6.07) is 3.72. The Kier molecular flexibility index (Phi) is 2.60. The summed E-state index contributed by atoms with van der Waals surface area (Å²) in [6.45, 7) is 1.21. The highest BCUT2D eigenvalue weighted by molar-refractivity contribution is 5.97. The monoisotopic (exact) mass is 186 g/mol. The van der Waals surface area contributed by atoms with Crippen molar-refractivity contribution in [3.8, 4) is 5.75 Å². The Labute approximate surface area is 73.8 Å². The molecule has 0 fully saturated rings. The minimum atomic E-state index is -2.76. The first-order valence-corrected chi connectivity index (χ1v) is 3.65. The highest BCUT2D eigenvalue weighted by Gasteiger charge is 2.16. The quantitative estimate of drug-likeness (QED) is 0.720. The lowest BCUT2D eigenvalue weighted by atomic mass is 10.1. The lowest BCUT2D eigenvalue weighted by Crippen LogP contribution is -1.96. The second-order valence-corrected chi connectivity index (χ2v) is 2.60. The first-order chi connectivity index (χ1) is 6.04. The van der Waals surface area contributed by atoms with Crippen LogP contribution in [0.25, 0.3) is 0 Å². The highest BCUT2D eigenvalue weighted by atomic mass is 19.3. The largest absolute Gasteiger partial charge is 0.507 e. The zero-order valence-electron chi connectivity index (χ0n) is 6.92. The van der Waals surface area contributed by atoms with Crippen molar-refractivity contribution in [3.63, 3.8) is 0 Å². The molecule has 13 heavy (non-hydrogen) atoms. The fourth-order valence-electron chi connectivity index (χ4n) is 1.02. The molecule has 2 nitrogen and oxygen atoms in total. The second-order valence-electron chi connectivity index (χ2n) is 2.60. The lowest BCUT2D eigenvalue weighted by Gasteiger charge is -2.05. The Balaban J connectivity index is 3.26. The lowest BCUT2D eigenvalue weighted by molar-refractivity contribution is 0.101. The molecular formula is C9H8F2O2. The van der Waals surface area contributed by atoms with Crippen molar-refractivity contribution in [1.29, 1.82) is 0 Å². The molecule has 1 N–H and O–H groups in total. The van der Waals surface area contributed by atoms with Gasteiger partial charge in [0, 0.05) is 0 Å². The van der Waals surface area contributed by atoms with Crippen molar-refractivity contribution in [3.05, 3.63) is 29.3 Å². The van der Waals surface area contributed by atoms with Gasteiger partial charge in [0.2, 0.25) is 0 Å². The van der Waals surface area contributed by atoms with Crippen LogP contribution in [0.3, 0.4) is 0 Å². The number of aromatic hydroxyl groups is 1. The normalized spacial score (nSPS) is 10.5. The van der Waals surface area contributed by atoms with E-state index in [0.717, 1.165) is 6.07 Å². The van der Waals surface area contributed by atoms with E-state index in [-0.39, 0.29) is 5.56 Å². The van der Waals surface area contributed by atoms with Gasteiger partial charge in [-0.2, -0.15) is 0 Å². The van der Waals surface area contributed by atoms with Crippen LogP contribution in [-0.4, -0.2) is 10.9 Å². The van der Waals surface area contributed by atoms with Crippen molar-refractivity contribution in [2.24, 2.45) is 0 Å². The molecule has 0 aliphatic carbocycles. The molecular weight excluding hydrogens is 178 g/mol. The second kappa shape index (κ2) is 3.51. The van der Waals surface area contributed by atoms with Crippen LogP contribution in [-0.2, 0) is 0 Å². The zero-order valence-corrected chi connectivity index (χ0v) is 6.92. The predicted octanol–water partition coefficient (Wildman–Crippen LogP) is 2.53. The zero-order chi connectivity index (χ0) is 10.0. The van der Waals surface area contributed by atoms with Gasteiger partial charge in [0.25, 0.3) is 6.43 Å². The number of carbonyl (C=O) groups is 1. The summed E-state index contributed by atoms with van der Waals surface area (Å²) >= 11 is 0. The van der Waals surface area contributed by atoms with Crippen molar-refractivity contribution >= 4 is 5.78 Å². The van der Waals surface area contributed by atoms with Gasteiger partial charge in [-0.1, -0.05) is 6.07 Å². The molecule has 0 aromatic heterocycles. The van der Waals surface area contributed by atoms with Gasteiger partial charge in [-0.3, -0.25) is 4.79 Å². The number of para-hydroxylation sites is 1. The average molecular weight is 186 g/mol. The van der Waals surface area contributed by atoms with Crippen molar-refractivity contribution in [2.45, 2.75) is 13.3 Å². The molecule has 0 saturated heterocycles. The van der Waals surface area contributed by atoms with Crippen LogP contribution in [0.5, 0.6) is 5.75 Å². The van der Waals surface area contributed by atoms with E-state index in [9.17, 15) is 18.7 Å². The van der Waals surface area contributed by atoms with Gasteiger partial charge in [0.1, 0.15) is 5.75 Å². The number of hydrogen-bond donors (Lipinski definition) is 1. The fourth-order valence-corrected chi connectivity index (χ4v) is 1.02. The Hall–Kier alpha value is -1.45. The van der Waals surface area contributed by atoms with Crippen LogP contribution < -0.4 is 0 Å². The van der Waals surface area contributed by atoms with Crippen LogP contribution in [0.2, 0.25) is 0 Å². The summed E-state index contributed by atoms with van der Waals surface area (Å²) in [4.78, 5) is 10.8. The number of ketones is 1. The third-order valence-electron chi connectivity index (χ3n) is 1.68. The third kappa shape index (κ3) is 1.83. The van der Waals surface area contributed by atoms with E-state index in [1.807, 2.05) is 0 Å². The smallest absolute Gasteiger partial charge is 0.267 e. The molecule has 0 saturated carbocycles. The minimum Gasteiger partial charge on any atom is -0.507 e. The number of rotatable bonds is 2. The molecule has 1 aromatic carbocycles. The minimum absolute atomic E-state index is 0.0715. The van der Waals surface area contributed by atoms with Gasteiger partial charge in [0.05, 0.1) is 11.1 Å². The van der Waals surface area contributed by atoms with Crippen LogP contribution >= 0.6 is 0 Å². The number of carbonyl (C=O) groups excluding carboxylic acids is 1. The van der Waals surface area contributed by atoms with E-state index in [2.05, 4.69) is 0 Å². The molecule has 0 aliphatic rings. The van der Waals surface area contributed by atoms with Gasteiger partial charge in [-0.05, 0) is 19.1 Å². The van der Waals surface area contributed by atoms with E-state index in [1.165, 1.54) is 19.1 Å². The maximum Gasteiger partial charge on any atom is 0.267 e. The van der Waals surface area contributed by atoms with Gasteiger partial charge >= 0.3 is 0 Å². The molecule has 0 amide bonds. The summed E-state index contributed by atoms with van der Waals surface area (Å²) in [6.07, 6.45) is -2.76. The number of hydrogen-bond acceptors (Lipinski definition) is 2. The number of phenols is 1. The van der Waals surface area contributed by atoms with E-state index in [4.69, 9.17) is 0 Å². The Morgan fingerprint density at radius 3 is 2.54 bits per heavy atom. The predicted molar refractivity (Wildman–Crippen MR) is 43.1 cm³/mol. The summed E-state index contributed by atoms with van der Waals surface area (Å²) < 4.78 is 24.4. The van der Waals surface area contributed by atoms with Crippen molar-refractivity contribution in [2.75, 3.05) is 0 Å². The molecule has 4 heteroatoms. The van der Waals surface area contributed by atoms with Crippen molar-refractivity contribution in [1.82, 2.24) is 0 Å². The Bertz CT molecular complexity index is 334. The topological polar surface area (TPSA) is 37.3 Å². The summed E-state index contributed by atoms with van der Waals surface area (Å²) in [5.74, 6) is -1.05. The van der Waals surface area contributed by atoms with E-state index >= 15 is 0 Å². The molecule has 0 bridgehead atoms. The molecule has 0 aliphatic heterocycles. The Morgan fingerprint density at radius 2 is 2.08 bits per heavy atom. The SMILES string of the molecule is CC(=O)c1cccc(C(F)F)c1O. The van der Waals surface area contributed by atoms with Crippen LogP contribution in [0.4, 0.5) is 8.78 Å². The molecule has 0 radical (unpaired) electrons. The molecule has 0 heterocycles. The van der Waals surface area contributed by atoms with Crippen LogP contribution in [0.15, 0.2) is 18.2 Å². The van der Waals surface area contributed by atoms with Gasteiger partial charge < -0.3 is 5.11 Å². The summed E-state index contributed by atoms with van der Waals surface area (Å²) in [5.41, 5.74) is -0.578. The molecule has 0 atom stereocenters. The molecule has 1 aromatic rings. The third-order valence-corrected chi connectivity index (χ3v) is 1.68. The number of alkyl halides is 2. The van der Waals surface area contributed by atoms with Crippen LogP contribution in [0, 0.1) is 0 Å². The fraction of sp³-hybridized carbons (Fsp3) is 0.222. The standard InChI is InChI=1S/C9H8F2O2/c1-5(12)6-3-2-4-7(8(6)13)9(10)11/h2-4,9,13H,1H3. The maximum absolute atomic E-state index is 12.2. The van der Waals surface area contributed by atoms with Gasteiger partial charge in [-0.25, -0.2) is 8.78 Å². The maximum atomic E-state index is 12.2.